The Kier molecular flexibility index (Phi) is 6.53. The molecule has 194 valence electrons. The normalized spacial score (nSPS) is 24.5. The minimum atomic E-state index is -3.45. The van der Waals surface area contributed by atoms with Crippen LogP contribution in [0.25, 0.3) is 11.1 Å². The van der Waals surface area contributed by atoms with Crippen molar-refractivity contribution in [2.24, 2.45) is 23.0 Å². The summed E-state index contributed by atoms with van der Waals surface area (Å²) in [6.07, 6.45) is 2.31. The number of nitrogens with two attached hydrogens (primary N) is 1. The van der Waals surface area contributed by atoms with Gasteiger partial charge in [0, 0.05) is 17.2 Å². The first kappa shape index (κ1) is 25.4. The molecular weight excluding hydrogens is 498 g/mol. The monoisotopic (exact) mass is 526 g/mol. The number of benzene rings is 3. The third kappa shape index (κ3) is 5.10. The van der Waals surface area contributed by atoms with Crippen LogP contribution in [0.2, 0.25) is 0 Å². The van der Waals surface area contributed by atoms with Crippen LogP contribution in [0.1, 0.15) is 24.0 Å². The van der Waals surface area contributed by atoms with Crippen molar-refractivity contribution in [2.75, 3.05) is 6.26 Å². The van der Waals surface area contributed by atoms with Gasteiger partial charge in [-0.2, -0.15) is 0 Å². The smallest absolute Gasteiger partial charge is 0.224 e. The Morgan fingerprint density at radius 1 is 1.03 bits per heavy atom. The first-order valence-electron chi connectivity index (χ1n) is 12.1. The number of halogens is 2. The average molecular weight is 527 g/mol. The van der Waals surface area contributed by atoms with Crippen LogP contribution in [0.3, 0.4) is 0 Å². The number of primary amides is 1. The second kappa shape index (κ2) is 9.54. The fourth-order valence-corrected chi connectivity index (χ4v) is 6.63. The lowest BCUT2D eigenvalue weighted by atomic mass is 9.75. The van der Waals surface area contributed by atoms with Crippen LogP contribution in [0.5, 0.6) is 5.75 Å². The summed E-state index contributed by atoms with van der Waals surface area (Å²) in [7, 11) is -3.45. The second-order valence-electron chi connectivity index (χ2n) is 10.1. The molecule has 0 spiro atoms. The maximum atomic E-state index is 15.1. The van der Waals surface area contributed by atoms with Gasteiger partial charge in [-0.3, -0.25) is 4.79 Å². The number of carbonyl (C=O) groups is 1. The quantitative estimate of drug-likeness (QED) is 0.437. The SMILES string of the molecule is CS(=O)(=O)N[C@@H]1C[C@@](Cc2ccc(F)c(-c3cccc(F)c3OCc3ccccc3)c2)(C(N)=O)[C@H]2C[C@@H]12. The predicted molar refractivity (Wildman–Crippen MR) is 136 cm³/mol. The first-order chi connectivity index (χ1) is 17.6. The van der Waals surface area contributed by atoms with Gasteiger partial charge in [0.2, 0.25) is 15.9 Å². The lowest BCUT2D eigenvalue weighted by Gasteiger charge is -2.29. The van der Waals surface area contributed by atoms with Gasteiger partial charge < -0.3 is 10.5 Å². The van der Waals surface area contributed by atoms with E-state index in [0.717, 1.165) is 11.8 Å². The maximum Gasteiger partial charge on any atom is 0.224 e. The predicted octanol–water partition coefficient (Wildman–Crippen LogP) is 4.18. The van der Waals surface area contributed by atoms with Gasteiger partial charge in [-0.25, -0.2) is 21.9 Å². The molecule has 3 aromatic carbocycles. The van der Waals surface area contributed by atoms with Crippen molar-refractivity contribution in [2.45, 2.75) is 31.9 Å². The number of hydrogen-bond acceptors (Lipinski definition) is 4. The molecule has 1 amide bonds. The van der Waals surface area contributed by atoms with Gasteiger partial charge in [-0.15, -0.1) is 0 Å². The Morgan fingerprint density at radius 2 is 1.78 bits per heavy atom. The van der Waals surface area contributed by atoms with Crippen molar-refractivity contribution in [1.82, 2.24) is 4.72 Å². The topological polar surface area (TPSA) is 98.5 Å². The van der Waals surface area contributed by atoms with Gasteiger partial charge in [-0.1, -0.05) is 48.5 Å². The summed E-state index contributed by atoms with van der Waals surface area (Å²) in [6.45, 7) is 0.110. The molecule has 2 aliphatic rings. The molecular formula is C28H28F2N2O4S. The number of sulfonamides is 1. The molecule has 2 fully saturated rings. The number of para-hydroxylation sites is 1. The molecule has 0 saturated heterocycles. The van der Waals surface area contributed by atoms with Crippen molar-refractivity contribution in [1.29, 1.82) is 0 Å². The molecule has 0 unspecified atom stereocenters. The van der Waals surface area contributed by atoms with E-state index in [9.17, 15) is 17.6 Å². The molecule has 3 N–H and O–H groups in total. The zero-order chi connectivity index (χ0) is 26.4. The second-order valence-corrected chi connectivity index (χ2v) is 11.9. The fraction of sp³-hybridized carbons (Fsp3) is 0.321. The van der Waals surface area contributed by atoms with Gasteiger partial charge in [0.1, 0.15) is 12.4 Å². The maximum absolute atomic E-state index is 15.1. The number of fused-ring (bicyclic) bond motifs is 1. The summed E-state index contributed by atoms with van der Waals surface area (Å²) in [5.41, 5.74) is 6.83. The highest BCUT2D eigenvalue weighted by atomic mass is 32.2. The molecule has 0 bridgehead atoms. The number of carbonyl (C=O) groups excluding carboxylic acids is 1. The van der Waals surface area contributed by atoms with Crippen LogP contribution in [0.15, 0.2) is 66.7 Å². The summed E-state index contributed by atoms with van der Waals surface area (Å²) in [5.74, 6) is -1.73. The van der Waals surface area contributed by atoms with Crippen molar-refractivity contribution in [3.8, 4) is 16.9 Å². The van der Waals surface area contributed by atoms with E-state index in [2.05, 4.69) is 4.72 Å². The summed E-state index contributed by atoms with van der Waals surface area (Å²) >= 11 is 0. The minimum absolute atomic E-state index is 0.0447. The highest BCUT2D eigenvalue weighted by molar-refractivity contribution is 7.88. The molecule has 0 aliphatic heterocycles. The number of rotatable bonds is 9. The highest BCUT2D eigenvalue weighted by Crippen LogP contribution is 2.63. The summed E-state index contributed by atoms with van der Waals surface area (Å²) in [6, 6.07) is 17.7. The Bertz CT molecular complexity index is 1450. The third-order valence-corrected chi connectivity index (χ3v) is 8.27. The Labute approximate surface area is 214 Å². The van der Waals surface area contributed by atoms with Crippen LogP contribution in [-0.4, -0.2) is 26.6 Å². The molecule has 0 radical (unpaired) electrons. The molecule has 2 saturated carbocycles. The summed E-state index contributed by atoms with van der Waals surface area (Å²) in [4.78, 5) is 12.7. The Balaban J connectivity index is 1.45. The number of hydrogen-bond donors (Lipinski definition) is 2. The lowest BCUT2D eigenvalue weighted by Crippen LogP contribution is -2.43. The summed E-state index contributed by atoms with van der Waals surface area (Å²) in [5, 5.41) is 0. The van der Waals surface area contributed by atoms with Gasteiger partial charge in [-0.05, 0) is 60.4 Å². The molecule has 6 nitrogen and oxygen atoms in total. The van der Waals surface area contributed by atoms with Crippen LogP contribution in [-0.2, 0) is 27.8 Å². The molecule has 37 heavy (non-hydrogen) atoms. The molecule has 0 heterocycles. The van der Waals surface area contributed by atoms with Crippen LogP contribution >= 0.6 is 0 Å². The van der Waals surface area contributed by atoms with Crippen molar-refractivity contribution in [3.05, 3.63) is 89.5 Å². The Morgan fingerprint density at radius 3 is 2.49 bits per heavy atom. The number of nitrogens with one attached hydrogen (secondary N) is 1. The zero-order valence-electron chi connectivity index (χ0n) is 20.3. The van der Waals surface area contributed by atoms with E-state index in [1.165, 1.54) is 18.2 Å². The fourth-order valence-electron chi connectivity index (χ4n) is 5.82. The molecule has 3 aromatic rings. The van der Waals surface area contributed by atoms with Crippen LogP contribution in [0, 0.1) is 28.9 Å². The van der Waals surface area contributed by atoms with Gasteiger partial charge in [0.25, 0.3) is 0 Å². The lowest BCUT2D eigenvalue weighted by molar-refractivity contribution is -0.128. The van der Waals surface area contributed by atoms with Gasteiger partial charge in [0.15, 0.2) is 11.6 Å². The van der Waals surface area contributed by atoms with Crippen LogP contribution < -0.4 is 15.2 Å². The molecule has 9 heteroatoms. The van der Waals surface area contributed by atoms with Gasteiger partial charge >= 0.3 is 0 Å². The molecule has 0 aromatic heterocycles. The van der Waals surface area contributed by atoms with Crippen LogP contribution in [0.4, 0.5) is 8.78 Å². The average Bonchev–Trinajstić information content (AvgIpc) is 3.59. The molecule has 2 aliphatic carbocycles. The van der Waals surface area contributed by atoms with E-state index < -0.39 is 33.0 Å². The summed E-state index contributed by atoms with van der Waals surface area (Å²) < 4.78 is 62.0. The molecule has 4 atom stereocenters. The minimum Gasteiger partial charge on any atom is -0.485 e. The highest BCUT2D eigenvalue weighted by Gasteiger charge is 2.65. The van der Waals surface area contributed by atoms with Crippen molar-refractivity contribution >= 4 is 15.9 Å². The largest absolute Gasteiger partial charge is 0.485 e. The number of amides is 1. The van der Waals surface area contributed by atoms with E-state index in [4.69, 9.17) is 10.5 Å². The van der Waals surface area contributed by atoms with E-state index in [-0.39, 0.29) is 54.2 Å². The zero-order valence-corrected chi connectivity index (χ0v) is 21.1. The van der Waals surface area contributed by atoms with E-state index in [0.29, 0.717) is 12.0 Å². The Hall–Kier alpha value is -3.30. The van der Waals surface area contributed by atoms with Gasteiger partial charge in [0.05, 0.1) is 11.7 Å². The first-order valence-corrected chi connectivity index (χ1v) is 14.0. The third-order valence-electron chi connectivity index (χ3n) is 7.54. The standard InChI is InChI=1S/C28H28F2N2O4S/c1-37(34,35)32-25-15-28(27(31)33,22-13-21(22)25)14-18-10-11-23(29)20(12-18)19-8-5-9-24(30)26(19)36-16-17-6-3-2-4-7-17/h2-12,21-22,25,32H,13-16H2,1H3,(H2,31,33)/t21-,22+,25-,28-/m1/s1. The van der Waals surface area contributed by atoms with E-state index >= 15 is 4.39 Å². The van der Waals surface area contributed by atoms with E-state index in [1.54, 1.807) is 18.2 Å². The van der Waals surface area contributed by atoms with E-state index in [1.807, 2.05) is 30.3 Å². The van der Waals surface area contributed by atoms with Crippen molar-refractivity contribution in [3.63, 3.8) is 0 Å². The van der Waals surface area contributed by atoms with Crippen molar-refractivity contribution < 1.29 is 26.7 Å². The number of ether oxygens (including phenoxy) is 1. The molecule has 5 rings (SSSR count).